The van der Waals surface area contributed by atoms with Crippen LogP contribution in [-0.2, 0) is 28.6 Å². The molecule has 0 bridgehead atoms. The number of rotatable bonds is 3. The molecule has 1 aromatic heterocycles. The fourth-order valence-corrected chi connectivity index (χ4v) is 3.26. The van der Waals surface area contributed by atoms with Gasteiger partial charge in [0.05, 0.1) is 17.1 Å². The molecule has 0 spiro atoms. The van der Waals surface area contributed by atoms with Crippen molar-refractivity contribution < 1.29 is 13.5 Å². The molecule has 2 rings (SSSR count). The van der Waals surface area contributed by atoms with Crippen LogP contribution in [0.15, 0.2) is 4.79 Å². The second kappa shape index (κ2) is 4.06. The fraction of sp³-hybridized carbons (Fsp3) is 0.667. The van der Waals surface area contributed by atoms with Crippen molar-refractivity contribution in [3.8, 4) is 0 Å². The number of nitrogens with zero attached hydrogens (tertiary/aromatic N) is 1. The molecule has 2 N–H and O–H groups in total. The number of aromatic amines is 1. The van der Waals surface area contributed by atoms with E-state index in [1.54, 1.807) is 0 Å². The molecule has 0 amide bonds. The molecule has 2 heterocycles. The summed E-state index contributed by atoms with van der Waals surface area (Å²) in [6.45, 7) is 0.400. The molecular formula is C9H14N2O4S. The molecule has 0 aromatic carbocycles. The first-order chi connectivity index (χ1) is 7.53. The van der Waals surface area contributed by atoms with E-state index in [2.05, 4.69) is 5.10 Å². The van der Waals surface area contributed by atoms with Gasteiger partial charge in [0.1, 0.15) is 0 Å². The predicted molar refractivity (Wildman–Crippen MR) is 58.0 cm³/mol. The van der Waals surface area contributed by atoms with E-state index in [0.29, 0.717) is 24.9 Å². The Bertz CT molecular complexity index is 540. The van der Waals surface area contributed by atoms with Crippen LogP contribution in [0.3, 0.4) is 0 Å². The number of hydrogen-bond acceptors (Lipinski definition) is 4. The summed E-state index contributed by atoms with van der Waals surface area (Å²) in [6.07, 6.45) is 0.852. The average Bonchev–Trinajstić information content (AvgIpc) is 2.52. The molecule has 0 aliphatic carbocycles. The molecule has 0 unspecified atom stereocenters. The summed E-state index contributed by atoms with van der Waals surface area (Å²) in [6, 6.07) is 0. The number of nitrogens with one attached hydrogen (secondary N) is 1. The van der Waals surface area contributed by atoms with Crippen molar-refractivity contribution >= 4 is 9.84 Å². The van der Waals surface area contributed by atoms with Crippen molar-refractivity contribution in [2.24, 2.45) is 0 Å². The molecule has 16 heavy (non-hydrogen) atoms. The van der Waals surface area contributed by atoms with Gasteiger partial charge in [0, 0.05) is 25.3 Å². The van der Waals surface area contributed by atoms with Gasteiger partial charge in [-0.25, -0.2) is 8.42 Å². The lowest BCUT2D eigenvalue weighted by Gasteiger charge is -2.09. The van der Waals surface area contributed by atoms with Gasteiger partial charge in [-0.05, 0) is 6.42 Å². The quantitative estimate of drug-likeness (QED) is 0.717. The molecule has 0 saturated carbocycles. The maximum absolute atomic E-state index is 11.8. The molecule has 6 nitrogen and oxygen atoms in total. The molecule has 1 aromatic rings. The zero-order valence-corrected chi connectivity index (χ0v) is 9.59. The van der Waals surface area contributed by atoms with Crippen LogP contribution >= 0.6 is 0 Å². The van der Waals surface area contributed by atoms with Crippen LogP contribution in [-0.4, -0.2) is 35.7 Å². The standard InChI is InChI=1S/C9H14N2O4S/c12-4-1-3-11-9(13)7-6-16(14,15)5-2-8(7)10-11/h10,12H,1-6H2. The van der Waals surface area contributed by atoms with E-state index in [4.69, 9.17) is 5.11 Å². The van der Waals surface area contributed by atoms with Gasteiger partial charge in [0.15, 0.2) is 9.84 Å². The van der Waals surface area contributed by atoms with Gasteiger partial charge in [-0.1, -0.05) is 0 Å². The molecule has 1 aliphatic heterocycles. The smallest absolute Gasteiger partial charge is 0.270 e. The van der Waals surface area contributed by atoms with Gasteiger partial charge in [0.25, 0.3) is 5.56 Å². The summed E-state index contributed by atoms with van der Waals surface area (Å²) in [5.41, 5.74) is 0.814. The lowest BCUT2D eigenvalue weighted by atomic mass is 10.2. The highest BCUT2D eigenvalue weighted by Crippen LogP contribution is 2.15. The molecule has 0 saturated heterocycles. The molecular weight excluding hydrogens is 232 g/mol. The average molecular weight is 246 g/mol. The largest absolute Gasteiger partial charge is 0.396 e. The Morgan fingerprint density at radius 3 is 2.88 bits per heavy atom. The van der Waals surface area contributed by atoms with Crippen LogP contribution in [0.25, 0.3) is 0 Å². The molecule has 7 heteroatoms. The molecule has 1 aliphatic rings. The maximum atomic E-state index is 11.8. The number of hydrogen-bond donors (Lipinski definition) is 2. The Hall–Kier alpha value is -1.08. The van der Waals surface area contributed by atoms with Gasteiger partial charge in [-0.15, -0.1) is 0 Å². The Morgan fingerprint density at radius 1 is 1.44 bits per heavy atom. The first-order valence-corrected chi connectivity index (χ1v) is 6.97. The van der Waals surface area contributed by atoms with Gasteiger partial charge in [-0.3, -0.25) is 14.6 Å². The van der Waals surface area contributed by atoms with Crippen molar-refractivity contribution in [1.82, 2.24) is 9.78 Å². The molecule has 0 atom stereocenters. The fourth-order valence-electron chi connectivity index (χ4n) is 1.86. The number of aliphatic hydroxyl groups is 1. The lowest BCUT2D eigenvalue weighted by Crippen LogP contribution is -2.24. The van der Waals surface area contributed by atoms with Crippen molar-refractivity contribution in [1.29, 1.82) is 0 Å². The Kier molecular flexibility index (Phi) is 2.90. The first-order valence-electron chi connectivity index (χ1n) is 5.15. The third kappa shape index (κ3) is 2.05. The third-order valence-electron chi connectivity index (χ3n) is 2.70. The van der Waals surface area contributed by atoms with Crippen LogP contribution in [0.1, 0.15) is 17.7 Å². The summed E-state index contributed by atoms with van der Waals surface area (Å²) in [4.78, 5) is 11.8. The van der Waals surface area contributed by atoms with Crippen molar-refractivity contribution in [3.63, 3.8) is 0 Å². The SMILES string of the molecule is O=c1c2c([nH]n1CCCO)CCS(=O)(=O)C2. The minimum absolute atomic E-state index is 0.00836. The van der Waals surface area contributed by atoms with E-state index in [0.717, 1.165) is 5.69 Å². The van der Waals surface area contributed by atoms with Crippen LogP contribution in [0.4, 0.5) is 0 Å². The zero-order valence-electron chi connectivity index (χ0n) is 8.77. The van der Waals surface area contributed by atoms with Crippen molar-refractivity contribution in [2.45, 2.75) is 25.1 Å². The molecule has 90 valence electrons. The lowest BCUT2D eigenvalue weighted by molar-refractivity contribution is 0.276. The number of H-pyrrole nitrogens is 1. The van der Waals surface area contributed by atoms with Crippen molar-refractivity contribution in [3.05, 3.63) is 21.6 Å². The monoisotopic (exact) mass is 246 g/mol. The number of aryl methyl sites for hydroxylation is 2. The second-order valence-corrected chi connectivity index (χ2v) is 6.13. The number of sulfone groups is 1. The first kappa shape index (κ1) is 11.4. The highest BCUT2D eigenvalue weighted by Gasteiger charge is 2.26. The van der Waals surface area contributed by atoms with Gasteiger partial charge < -0.3 is 5.11 Å². The van der Waals surface area contributed by atoms with E-state index < -0.39 is 9.84 Å². The van der Waals surface area contributed by atoms with E-state index in [1.165, 1.54) is 4.68 Å². The van der Waals surface area contributed by atoms with Gasteiger partial charge >= 0.3 is 0 Å². The number of fused-ring (bicyclic) bond motifs is 1. The van der Waals surface area contributed by atoms with E-state index in [-0.39, 0.29) is 23.7 Å². The van der Waals surface area contributed by atoms with Crippen LogP contribution in [0, 0.1) is 0 Å². The van der Waals surface area contributed by atoms with Crippen LogP contribution in [0.2, 0.25) is 0 Å². The normalized spacial score (nSPS) is 18.3. The van der Waals surface area contributed by atoms with Crippen LogP contribution in [0.5, 0.6) is 0 Å². The summed E-state index contributed by atoms with van der Waals surface area (Å²) in [5, 5.41) is 11.6. The van der Waals surface area contributed by atoms with Crippen LogP contribution < -0.4 is 5.56 Å². The van der Waals surface area contributed by atoms with E-state index >= 15 is 0 Å². The molecule has 0 radical (unpaired) electrons. The minimum Gasteiger partial charge on any atom is -0.396 e. The Labute approximate surface area is 92.8 Å². The van der Waals surface area contributed by atoms with Crippen molar-refractivity contribution in [2.75, 3.05) is 12.4 Å². The summed E-state index contributed by atoms with van der Waals surface area (Å²) in [7, 11) is -3.11. The Morgan fingerprint density at radius 2 is 2.19 bits per heavy atom. The summed E-state index contributed by atoms with van der Waals surface area (Å²) < 4.78 is 24.2. The minimum atomic E-state index is -3.11. The van der Waals surface area contributed by atoms with Gasteiger partial charge in [0.2, 0.25) is 0 Å². The van der Waals surface area contributed by atoms with E-state index in [1.807, 2.05) is 0 Å². The summed E-state index contributed by atoms with van der Waals surface area (Å²) >= 11 is 0. The molecule has 0 fully saturated rings. The zero-order chi connectivity index (χ0) is 11.8. The maximum Gasteiger partial charge on any atom is 0.270 e. The third-order valence-corrected chi connectivity index (χ3v) is 4.26. The highest BCUT2D eigenvalue weighted by molar-refractivity contribution is 7.90. The topological polar surface area (TPSA) is 92.2 Å². The van der Waals surface area contributed by atoms with Gasteiger partial charge in [-0.2, -0.15) is 0 Å². The second-order valence-electron chi connectivity index (χ2n) is 3.94. The predicted octanol–water partition coefficient (Wildman–Crippen LogP) is -0.970. The summed E-state index contributed by atoms with van der Waals surface area (Å²) in [5.74, 6) is -0.0657. The number of aliphatic hydroxyl groups excluding tert-OH is 1. The number of aromatic nitrogens is 2. The van der Waals surface area contributed by atoms with E-state index in [9.17, 15) is 13.2 Å². The Balaban J connectivity index is 2.35. The highest BCUT2D eigenvalue weighted by atomic mass is 32.2.